The van der Waals surface area contributed by atoms with Crippen molar-refractivity contribution in [2.45, 2.75) is 52.4 Å². The predicted octanol–water partition coefficient (Wildman–Crippen LogP) is 3.27. The Hall–Kier alpha value is -2.59. The van der Waals surface area contributed by atoms with E-state index in [0.29, 0.717) is 19.6 Å². The van der Waals surface area contributed by atoms with Gasteiger partial charge in [-0.05, 0) is 38.5 Å². The molecular weight excluding hydrogens is 425 g/mol. The summed E-state index contributed by atoms with van der Waals surface area (Å²) in [5.74, 6) is -0.230. The topological polar surface area (TPSA) is 59.8 Å². The number of rotatable bonds is 7. The number of ether oxygens (including phenoxy) is 2. The molecule has 1 fully saturated rings. The molecule has 1 saturated heterocycles. The van der Waals surface area contributed by atoms with Crippen LogP contribution in [0, 0.1) is 6.92 Å². The highest BCUT2D eigenvalue weighted by Crippen LogP contribution is 2.23. The van der Waals surface area contributed by atoms with E-state index in [-0.39, 0.29) is 37.0 Å². The van der Waals surface area contributed by atoms with Crippen LogP contribution in [0.3, 0.4) is 0 Å². The summed E-state index contributed by atoms with van der Waals surface area (Å²) in [6.07, 6.45) is -3.15. The van der Waals surface area contributed by atoms with Crippen molar-refractivity contribution in [3.63, 3.8) is 0 Å². The van der Waals surface area contributed by atoms with Crippen molar-refractivity contribution >= 4 is 5.91 Å². The summed E-state index contributed by atoms with van der Waals surface area (Å²) in [6.45, 7) is 8.02. The summed E-state index contributed by atoms with van der Waals surface area (Å²) < 4.78 is 48.8. The smallest absolute Gasteiger partial charge is 0.406 e. The number of carbonyl (C=O) groups is 1. The van der Waals surface area contributed by atoms with Crippen LogP contribution in [0.4, 0.5) is 13.2 Å². The van der Waals surface area contributed by atoms with Gasteiger partial charge in [-0.15, -0.1) is 13.2 Å². The zero-order valence-electron chi connectivity index (χ0n) is 18.7. The maximum absolute atomic E-state index is 12.8. The minimum atomic E-state index is -4.72. The molecule has 0 radical (unpaired) electrons. The Morgan fingerprint density at radius 2 is 1.88 bits per heavy atom. The molecule has 176 valence electrons. The molecule has 0 saturated carbocycles. The van der Waals surface area contributed by atoms with Crippen LogP contribution in [0.2, 0.25) is 0 Å². The first-order chi connectivity index (χ1) is 15.0. The van der Waals surface area contributed by atoms with Crippen LogP contribution in [0.15, 0.2) is 30.5 Å². The van der Waals surface area contributed by atoms with E-state index in [0.717, 1.165) is 16.8 Å². The molecule has 2 aromatic rings. The van der Waals surface area contributed by atoms with Gasteiger partial charge >= 0.3 is 6.36 Å². The van der Waals surface area contributed by atoms with Crippen LogP contribution in [0.5, 0.6) is 5.75 Å². The SMILES string of the molecule is Cc1c(CN2CC(=O)N(C(C)C)CC(OCc3ccc(OC(F)(F)F)cc3)C2)cnn1C. The van der Waals surface area contributed by atoms with Gasteiger partial charge in [0.15, 0.2) is 0 Å². The Balaban J connectivity index is 1.67. The molecule has 1 aliphatic rings. The highest BCUT2D eigenvalue weighted by atomic mass is 19.4. The monoisotopic (exact) mass is 454 g/mol. The molecule has 3 rings (SSSR count). The number of nitrogens with zero attached hydrogens (tertiary/aromatic N) is 4. The Morgan fingerprint density at radius 1 is 1.19 bits per heavy atom. The van der Waals surface area contributed by atoms with E-state index < -0.39 is 6.36 Å². The second kappa shape index (κ2) is 9.91. The van der Waals surface area contributed by atoms with Gasteiger partial charge in [-0.2, -0.15) is 5.10 Å². The van der Waals surface area contributed by atoms with E-state index in [2.05, 4.69) is 14.7 Å². The van der Waals surface area contributed by atoms with Gasteiger partial charge in [-0.25, -0.2) is 0 Å². The molecule has 1 atom stereocenters. The van der Waals surface area contributed by atoms with Crippen LogP contribution in [0.25, 0.3) is 0 Å². The van der Waals surface area contributed by atoms with E-state index in [1.54, 1.807) is 21.7 Å². The molecule has 32 heavy (non-hydrogen) atoms. The van der Waals surface area contributed by atoms with Crippen molar-refractivity contribution < 1.29 is 27.4 Å². The Kier molecular flexibility index (Phi) is 7.45. The molecule has 0 aliphatic carbocycles. The maximum Gasteiger partial charge on any atom is 0.573 e. The Morgan fingerprint density at radius 3 is 2.44 bits per heavy atom. The zero-order chi connectivity index (χ0) is 23.5. The van der Waals surface area contributed by atoms with Crippen molar-refractivity contribution in [1.29, 1.82) is 0 Å². The number of amides is 1. The van der Waals surface area contributed by atoms with Gasteiger partial charge in [-0.1, -0.05) is 12.1 Å². The lowest BCUT2D eigenvalue weighted by Gasteiger charge is -2.27. The summed E-state index contributed by atoms with van der Waals surface area (Å²) >= 11 is 0. The van der Waals surface area contributed by atoms with Gasteiger partial charge in [0, 0.05) is 44.0 Å². The number of benzene rings is 1. The zero-order valence-corrected chi connectivity index (χ0v) is 18.7. The fourth-order valence-electron chi connectivity index (χ4n) is 3.68. The van der Waals surface area contributed by atoms with Crippen LogP contribution >= 0.6 is 0 Å². The number of halogens is 3. The number of aryl methyl sites for hydroxylation is 1. The Labute approximate surface area is 185 Å². The summed E-state index contributed by atoms with van der Waals surface area (Å²) in [7, 11) is 1.88. The van der Waals surface area contributed by atoms with Gasteiger partial charge in [0.1, 0.15) is 5.75 Å². The number of carbonyl (C=O) groups excluding carboxylic acids is 1. The second-order valence-corrected chi connectivity index (χ2v) is 8.31. The lowest BCUT2D eigenvalue weighted by Crippen LogP contribution is -2.42. The van der Waals surface area contributed by atoms with E-state index in [9.17, 15) is 18.0 Å². The fraction of sp³-hybridized carbons (Fsp3) is 0.545. The second-order valence-electron chi connectivity index (χ2n) is 8.31. The van der Waals surface area contributed by atoms with Crippen LogP contribution in [-0.4, -0.2) is 63.6 Å². The van der Waals surface area contributed by atoms with Gasteiger partial charge in [0.2, 0.25) is 5.91 Å². The Bertz CT molecular complexity index is 912. The largest absolute Gasteiger partial charge is 0.573 e. The van der Waals surface area contributed by atoms with E-state index in [4.69, 9.17) is 4.74 Å². The molecule has 0 bridgehead atoms. The van der Waals surface area contributed by atoms with Crippen LogP contribution < -0.4 is 4.74 Å². The van der Waals surface area contributed by atoms with Gasteiger partial charge < -0.3 is 14.4 Å². The molecule has 0 spiro atoms. The highest BCUT2D eigenvalue weighted by Gasteiger charge is 2.31. The molecular formula is C22H29F3N4O3. The van der Waals surface area contributed by atoms with E-state index in [1.807, 2.05) is 34.0 Å². The number of hydrogen-bond donors (Lipinski definition) is 0. The van der Waals surface area contributed by atoms with Crippen LogP contribution in [-0.2, 0) is 29.7 Å². The third-order valence-corrected chi connectivity index (χ3v) is 5.54. The first-order valence-electron chi connectivity index (χ1n) is 10.5. The molecule has 1 aromatic carbocycles. The van der Waals surface area contributed by atoms with Gasteiger partial charge in [0.25, 0.3) is 0 Å². The highest BCUT2D eigenvalue weighted by molar-refractivity contribution is 5.79. The third kappa shape index (κ3) is 6.46. The van der Waals surface area contributed by atoms with Crippen molar-refractivity contribution in [2.75, 3.05) is 19.6 Å². The molecule has 10 heteroatoms. The van der Waals surface area contributed by atoms with Crippen molar-refractivity contribution in [1.82, 2.24) is 19.6 Å². The predicted molar refractivity (Wildman–Crippen MR) is 112 cm³/mol. The number of aromatic nitrogens is 2. The summed E-state index contributed by atoms with van der Waals surface area (Å²) in [5.41, 5.74) is 2.82. The van der Waals surface area contributed by atoms with Crippen molar-refractivity contribution in [2.24, 2.45) is 7.05 Å². The van der Waals surface area contributed by atoms with Crippen molar-refractivity contribution in [3.8, 4) is 5.75 Å². The molecule has 1 unspecified atom stereocenters. The van der Waals surface area contributed by atoms with Crippen molar-refractivity contribution in [3.05, 3.63) is 47.3 Å². The fourth-order valence-corrected chi connectivity index (χ4v) is 3.68. The summed E-state index contributed by atoms with van der Waals surface area (Å²) in [4.78, 5) is 16.7. The number of hydrogen-bond acceptors (Lipinski definition) is 5. The first kappa shape index (κ1) is 24.1. The minimum absolute atomic E-state index is 0.0347. The molecule has 0 N–H and O–H groups in total. The normalized spacial score (nSPS) is 18.3. The molecule has 7 nitrogen and oxygen atoms in total. The summed E-state index contributed by atoms with van der Waals surface area (Å²) in [5, 5.41) is 4.27. The third-order valence-electron chi connectivity index (χ3n) is 5.54. The lowest BCUT2D eigenvalue weighted by atomic mass is 10.2. The standard InChI is InChI=1S/C22H29F3N4O3/c1-15(2)29-12-20(31-14-17-5-7-19(8-6-17)32-22(23,24)25)11-28(13-21(29)30)10-18-9-26-27(4)16(18)3/h5-9,15,20H,10-14H2,1-4H3. The quantitative estimate of drug-likeness (QED) is 0.643. The molecule has 1 amide bonds. The molecule has 1 aliphatic heterocycles. The summed E-state index contributed by atoms with van der Waals surface area (Å²) in [6, 6.07) is 5.65. The number of alkyl halides is 3. The molecule has 2 heterocycles. The van der Waals surface area contributed by atoms with E-state index >= 15 is 0 Å². The lowest BCUT2D eigenvalue weighted by molar-refractivity contribution is -0.274. The maximum atomic E-state index is 12.8. The molecule has 1 aromatic heterocycles. The minimum Gasteiger partial charge on any atom is -0.406 e. The van der Waals surface area contributed by atoms with Gasteiger partial charge in [-0.3, -0.25) is 14.4 Å². The van der Waals surface area contributed by atoms with Crippen LogP contribution in [0.1, 0.15) is 30.7 Å². The average Bonchev–Trinajstić information content (AvgIpc) is 2.92. The average molecular weight is 454 g/mol. The van der Waals surface area contributed by atoms with E-state index in [1.165, 1.54) is 12.1 Å². The van der Waals surface area contributed by atoms with Gasteiger partial charge in [0.05, 0.1) is 25.5 Å². The first-order valence-corrected chi connectivity index (χ1v) is 10.5.